The molecule has 0 saturated heterocycles. The molecule has 0 aliphatic carbocycles. The number of halogens is 1. The zero-order valence-corrected chi connectivity index (χ0v) is 13.6. The Morgan fingerprint density at radius 2 is 1.62 bits per heavy atom. The van der Waals surface area contributed by atoms with Gasteiger partial charge in [-0.05, 0) is 5.56 Å². The monoisotopic (exact) mass is 352 g/mol. The summed E-state index contributed by atoms with van der Waals surface area (Å²) in [5.74, 6) is 0.530. The number of hydrogen-bond donors (Lipinski definition) is 0. The molecule has 0 aliphatic heterocycles. The third kappa shape index (κ3) is 4.29. The van der Waals surface area contributed by atoms with E-state index in [-0.39, 0.29) is 12.0 Å². The van der Waals surface area contributed by atoms with Crippen molar-refractivity contribution in [1.29, 1.82) is 0 Å². The minimum absolute atomic E-state index is 0.240. The summed E-state index contributed by atoms with van der Waals surface area (Å²) in [5.41, 5.74) is 1.18. The van der Waals surface area contributed by atoms with Crippen molar-refractivity contribution >= 4 is 21.9 Å². The van der Waals surface area contributed by atoms with Gasteiger partial charge in [-0.3, -0.25) is 0 Å². The van der Waals surface area contributed by atoms with Crippen molar-refractivity contribution < 1.29 is 9.47 Å². The predicted octanol–water partition coefficient (Wildman–Crippen LogP) is 2.29. The van der Waals surface area contributed by atoms with Gasteiger partial charge in [0.1, 0.15) is 0 Å². The zero-order valence-electron chi connectivity index (χ0n) is 12.0. The number of benzene rings is 1. The molecule has 21 heavy (non-hydrogen) atoms. The van der Waals surface area contributed by atoms with Gasteiger partial charge in [0.25, 0.3) is 0 Å². The van der Waals surface area contributed by atoms with Crippen LogP contribution < -0.4 is 14.4 Å². The normalized spacial score (nSPS) is 10.2. The number of alkyl halides is 1. The molecule has 0 spiro atoms. The highest BCUT2D eigenvalue weighted by atomic mass is 79.9. The van der Waals surface area contributed by atoms with Crippen LogP contribution in [0.1, 0.15) is 5.56 Å². The Hall–Kier alpha value is -1.89. The van der Waals surface area contributed by atoms with E-state index >= 15 is 0 Å². The summed E-state index contributed by atoms with van der Waals surface area (Å²) in [5, 5.41) is 0.802. The standard InChI is InChI=1S/C14H17BrN4O2/c1-20-13-16-12(17-14(18-13)21-2)19(9-8-15)10-11-6-4-3-5-7-11/h3-7H,8-10H2,1-2H3. The average Bonchev–Trinajstić information content (AvgIpc) is 2.55. The molecule has 1 aromatic heterocycles. The molecule has 0 saturated carbocycles. The predicted molar refractivity (Wildman–Crippen MR) is 84.2 cm³/mol. The van der Waals surface area contributed by atoms with Crippen molar-refractivity contribution in [2.75, 3.05) is 31.0 Å². The molecule has 0 fully saturated rings. The van der Waals surface area contributed by atoms with Crippen LogP contribution in [0.15, 0.2) is 30.3 Å². The molecule has 2 aromatic rings. The van der Waals surface area contributed by atoms with Crippen molar-refractivity contribution in [2.24, 2.45) is 0 Å². The van der Waals surface area contributed by atoms with Crippen molar-refractivity contribution in [3.8, 4) is 12.0 Å². The SMILES string of the molecule is COc1nc(OC)nc(N(CCBr)Cc2ccccc2)n1. The second kappa shape index (κ2) is 7.78. The van der Waals surface area contributed by atoms with Crippen LogP contribution in [0.5, 0.6) is 12.0 Å². The molecule has 7 heteroatoms. The van der Waals surface area contributed by atoms with Crippen LogP contribution in [0, 0.1) is 0 Å². The molecule has 0 N–H and O–H groups in total. The Morgan fingerprint density at radius 1 is 1.00 bits per heavy atom. The number of methoxy groups -OCH3 is 2. The first kappa shape index (κ1) is 15.5. The van der Waals surface area contributed by atoms with E-state index in [1.165, 1.54) is 19.8 Å². The van der Waals surface area contributed by atoms with Crippen molar-refractivity contribution in [2.45, 2.75) is 6.54 Å². The lowest BCUT2D eigenvalue weighted by molar-refractivity contribution is 0.340. The Morgan fingerprint density at radius 3 is 2.14 bits per heavy atom. The number of aromatic nitrogens is 3. The molecule has 0 amide bonds. The van der Waals surface area contributed by atoms with Gasteiger partial charge >= 0.3 is 12.0 Å². The number of anilines is 1. The maximum absolute atomic E-state index is 5.10. The van der Waals surface area contributed by atoms with Gasteiger partial charge in [-0.1, -0.05) is 46.3 Å². The van der Waals surface area contributed by atoms with Crippen LogP contribution in [-0.2, 0) is 6.54 Å². The molecule has 0 radical (unpaired) electrons. The lowest BCUT2D eigenvalue weighted by Crippen LogP contribution is -2.27. The number of hydrogen-bond acceptors (Lipinski definition) is 6. The quantitative estimate of drug-likeness (QED) is 0.712. The minimum Gasteiger partial charge on any atom is -0.467 e. The molecule has 1 heterocycles. The van der Waals surface area contributed by atoms with E-state index in [4.69, 9.17) is 9.47 Å². The fourth-order valence-corrected chi connectivity index (χ4v) is 2.24. The van der Waals surface area contributed by atoms with Gasteiger partial charge in [0.05, 0.1) is 14.2 Å². The van der Waals surface area contributed by atoms with Gasteiger partial charge in [0.15, 0.2) is 0 Å². The molecule has 0 bridgehead atoms. The average molecular weight is 353 g/mol. The van der Waals surface area contributed by atoms with Gasteiger partial charge in [0.2, 0.25) is 5.95 Å². The van der Waals surface area contributed by atoms with Crippen LogP contribution in [0.4, 0.5) is 5.95 Å². The maximum atomic E-state index is 5.10. The van der Waals surface area contributed by atoms with Crippen molar-refractivity contribution in [3.05, 3.63) is 35.9 Å². The van der Waals surface area contributed by atoms with E-state index in [9.17, 15) is 0 Å². The van der Waals surface area contributed by atoms with Crippen LogP contribution >= 0.6 is 15.9 Å². The van der Waals surface area contributed by atoms with Crippen LogP contribution in [0.2, 0.25) is 0 Å². The highest BCUT2D eigenvalue weighted by Crippen LogP contribution is 2.18. The smallest absolute Gasteiger partial charge is 0.324 e. The zero-order chi connectivity index (χ0) is 15.1. The van der Waals surface area contributed by atoms with E-state index in [2.05, 4.69) is 43.0 Å². The lowest BCUT2D eigenvalue weighted by atomic mass is 10.2. The summed E-state index contributed by atoms with van der Waals surface area (Å²) in [6, 6.07) is 10.6. The second-order valence-electron chi connectivity index (χ2n) is 4.20. The van der Waals surface area contributed by atoms with Crippen LogP contribution in [-0.4, -0.2) is 41.0 Å². The molecule has 1 aromatic carbocycles. The van der Waals surface area contributed by atoms with E-state index in [0.29, 0.717) is 12.5 Å². The van der Waals surface area contributed by atoms with E-state index in [1.54, 1.807) is 0 Å². The molecule has 112 valence electrons. The third-order valence-corrected chi connectivity index (χ3v) is 3.16. The van der Waals surface area contributed by atoms with E-state index in [1.807, 2.05) is 23.1 Å². The van der Waals surface area contributed by atoms with Gasteiger partial charge < -0.3 is 14.4 Å². The van der Waals surface area contributed by atoms with Crippen LogP contribution in [0.25, 0.3) is 0 Å². The van der Waals surface area contributed by atoms with Crippen molar-refractivity contribution in [1.82, 2.24) is 15.0 Å². The number of ether oxygens (including phenoxy) is 2. The summed E-state index contributed by atoms with van der Waals surface area (Å²) in [6.45, 7) is 1.45. The van der Waals surface area contributed by atoms with Gasteiger partial charge in [0, 0.05) is 18.4 Å². The summed E-state index contributed by atoms with van der Waals surface area (Å²) in [6.07, 6.45) is 0. The molecule has 0 atom stereocenters. The summed E-state index contributed by atoms with van der Waals surface area (Å²) in [7, 11) is 3.04. The Balaban J connectivity index is 2.28. The molecule has 6 nitrogen and oxygen atoms in total. The number of rotatable bonds is 7. The van der Waals surface area contributed by atoms with Gasteiger partial charge in [-0.25, -0.2) is 0 Å². The third-order valence-electron chi connectivity index (χ3n) is 2.80. The first-order valence-corrected chi connectivity index (χ1v) is 7.58. The van der Waals surface area contributed by atoms with Gasteiger partial charge in [-0.2, -0.15) is 9.97 Å². The fraction of sp³-hybridized carbons (Fsp3) is 0.357. The first-order valence-electron chi connectivity index (χ1n) is 6.45. The molecular weight excluding hydrogens is 336 g/mol. The van der Waals surface area contributed by atoms with Crippen LogP contribution in [0.3, 0.4) is 0 Å². The number of nitrogens with zero attached hydrogens (tertiary/aromatic N) is 4. The minimum atomic E-state index is 0.240. The molecule has 2 rings (SSSR count). The Labute approximate surface area is 132 Å². The Bertz CT molecular complexity index is 546. The van der Waals surface area contributed by atoms with Crippen molar-refractivity contribution in [3.63, 3.8) is 0 Å². The highest BCUT2D eigenvalue weighted by molar-refractivity contribution is 9.09. The molecule has 0 aliphatic rings. The Kier molecular flexibility index (Phi) is 5.74. The van der Waals surface area contributed by atoms with Gasteiger partial charge in [-0.15, -0.1) is 4.98 Å². The summed E-state index contributed by atoms with van der Waals surface area (Å²) in [4.78, 5) is 14.6. The topological polar surface area (TPSA) is 60.4 Å². The molecule has 0 unspecified atom stereocenters. The summed E-state index contributed by atoms with van der Waals surface area (Å²) < 4.78 is 10.2. The largest absolute Gasteiger partial charge is 0.467 e. The summed E-state index contributed by atoms with van der Waals surface area (Å²) >= 11 is 3.46. The van der Waals surface area contributed by atoms with E-state index in [0.717, 1.165) is 11.9 Å². The fourth-order valence-electron chi connectivity index (χ4n) is 1.81. The maximum Gasteiger partial charge on any atom is 0.324 e. The van der Waals surface area contributed by atoms with E-state index < -0.39 is 0 Å². The second-order valence-corrected chi connectivity index (χ2v) is 5.00. The lowest BCUT2D eigenvalue weighted by Gasteiger charge is -2.22. The first-order chi connectivity index (χ1) is 10.3. The molecular formula is C14H17BrN4O2. The highest BCUT2D eigenvalue weighted by Gasteiger charge is 2.14.